The van der Waals surface area contributed by atoms with Crippen LogP contribution in [0.3, 0.4) is 0 Å². The van der Waals surface area contributed by atoms with Gasteiger partial charge in [-0.1, -0.05) is 66.7 Å². The summed E-state index contributed by atoms with van der Waals surface area (Å²) in [6, 6.07) is 27.8. The molecule has 1 atom stereocenters. The average Bonchev–Trinajstić information content (AvgIpc) is 2.72. The first-order valence-corrected chi connectivity index (χ1v) is 9.72. The number of carbonyl (C=O) groups excluding carboxylic acids is 1. The molecule has 1 aliphatic heterocycles. The van der Waals surface area contributed by atoms with Gasteiger partial charge in [-0.25, -0.2) is 0 Å². The summed E-state index contributed by atoms with van der Waals surface area (Å²) in [6.07, 6.45) is 3.08. The van der Waals surface area contributed by atoms with Crippen LogP contribution >= 0.6 is 0 Å². The van der Waals surface area contributed by atoms with Gasteiger partial charge in [-0.15, -0.1) is 0 Å². The molecule has 0 saturated heterocycles. The van der Waals surface area contributed by atoms with Crippen molar-refractivity contribution in [2.45, 2.75) is 32.2 Å². The van der Waals surface area contributed by atoms with Gasteiger partial charge in [0.2, 0.25) is 0 Å². The lowest BCUT2D eigenvalue weighted by Crippen LogP contribution is -2.36. The number of hydrogen-bond acceptors (Lipinski definition) is 2. The molecule has 27 heavy (non-hydrogen) atoms. The van der Waals surface area contributed by atoms with Gasteiger partial charge in [0.1, 0.15) is 0 Å². The van der Waals surface area contributed by atoms with Crippen molar-refractivity contribution in [1.82, 2.24) is 0 Å². The highest BCUT2D eigenvalue weighted by Gasteiger charge is 2.28. The van der Waals surface area contributed by atoms with Gasteiger partial charge >= 0.3 is 0 Å². The molecule has 3 aromatic rings. The van der Waals surface area contributed by atoms with E-state index in [0.29, 0.717) is 0 Å². The number of anilines is 1. The number of hydrogen-bond donors (Lipinski definition) is 0. The summed E-state index contributed by atoms with van der Waals surface area (Å²) in [7, 11) is 0. The Morgan fingerprint density at radius 1 is 0.926 bits per heavy atom. The number of rotatable bonds is 5. The second-order valence-electron chi connectivity index (χ2n) is 7.26. The second-order valence-corrected chi connectivity index (χ2v) is 7.26. The van der Waals surface area contributed by atoms with Crippen LogP contribution in [0.4, 0.5) is 5.69 Å². The fourth-order valence-electron chi connectivity index (χ4n) is 4.22. The predicted molar refractivity (Wildman–Crippen MR) is 111 cm³/mol. The van der Waals surface area contributed by atoms with Crippen LogP contribution in [0.5, 0.6) is 0 Å². The minimum atomic E-state index is 0.131. The highest BCUT2D eigenvalue weighted by atomic mass is 16.1. The Hall–Kier alpha value is -2.87. The predicted octanol–water partition coefficient (Wildman–Crippen LogP) is 5.63. The number of Topliss-reactive ketones (excluding diaryl/α,β-unsaturated/α-hetero) is 1. The first-order chi connectivity index (χ1) is 13.2. The third kappa shape index (κ3) is 3.66. The van der Waals surface area contributed by atoms with E-state index in [4.69, 9.17) is 0 Å². The van der Waals surface area contributed by atoms with Crippen LogP contribution < -0.4 is 4.90 Å². The van der Waals surface area contributed by atoms with Crippen LogP contribution in [0.2, 0.25) is 0 Å². The molecular formula is C25H25NO. The number of benzene rings is 3. The summed E-state index contributed by atoms with van der Waals surface area (Å²) in [5.74, 6) is 0.131. The molecule has 2 heteroatoms. The van der Waals surface area contributed by atoms with Gasteiger partial charge in [0.15, 0.2) is 5.78 Å². The van der Waals surface area contributed by atoms with E-state index < -0.39 is 0 Å². The SMILES string of the molecule is CC(=O)c1ccccc1N1CCc2ccccc2C1CCc1ccccc1. The van der Waals surface area contributed by atoms with Crippen molar-refractivity contribution in [2.24, 2.45) is 0 Å². The van der Waals surface area contributed by atoms with E-state index in [1.54, 1.807) is 6.92 Å². The van der Waals surface area contributed by atoms with Gasteiger partial charge < -0.3 is 4.90 Å². The van der Waals surface area contributed by atoms with Gasteiger partial charge in [0.05, 0.1) is 6.04 Å². The minimum Gasteiger partial charge on any atom is -0.364 e. The summed E-state index contributed by atoms with van der Waals surface area (Å²) >= 11 is 0. The lowest BCUT2D eigenvalue weighted by Gasteiger charge is -2.40. The van der Waals surface area contributed by atoms with E-state index >= 15 is 0 Å². The van der Waals surface area contributed by atoms with E-state index in [1.165, 1.54) is 16.7 Å². The molecule has 0 N–H and O–H groups in total. The largest absolute Gasteiger partial charge is 0.364 e. The molecule has 0 aromatic heterocycles. The topological polar surface area (TPSA) is 20.3 Å². The van der Waals surface area contributed by atoms with Crippen LogP contribution in [0.1, 0.15) is 46.4 Å². The maximum Gasteiger partial charge on any atom is 0.161 e. The highest BCUT2D eigenvalue weighted by Crippen LogP contribution is 2.38. The normalized spacial score (nSPS) is 16.0. The van der Waals surface area contributed by atoms with Crippen LogP contribution in [-0.4, -0.2) is 12.3 Å². The number of ketones is 1. The first kappa shape index (κ1) is 17.5. The molecular weight excluding hydrogens is 330 g/mol. The monoisotopic (exact) mass is 355 g/mol. The summed E-state index contributed by atoms with van der Waals surface area (Å²) in [6.45, 7) is 2.61. The number of nitrogens with zero attached hydrogens (tertiary/aromatic N) is 1. The van der Waals surface area contributed by atoms with Crippen molar-refractivity contribution in [3.63, 3.8) is 0 Å². The van der Waals surface area contributed by atoms with Crippen LogP contribution in [-0.2, 0) is 12.8 Å². The third-order valence-electron chi connectivity index (χ3n) is 5.55. The third-order valence-corrected chi connectivity index (χ3v) is 5.55. The van der Waals surface area contributed by atoms with Crippen LogP contribution in [0, 0.1) is 0 Å². The fourth-order valence-corrected chi connectivity index (χ4v) is 4.22. The fraction of sp³-hybridized carbons (Fsp3) is 0.240. The lowest BCUT2D eigenvalue weighted by atomic mass is 9.88. The molecule has 2 nitrogen and oxygen atoms in total. The molecule has 1 aliphatic rings. The van der Waals surface area contributed by atoms with Crippen molar-refractivity contribution in [3.8, 4) is 0 Å². The van der Waals surface area contributed by atoms with E-state index in [9.17, 15) is 4.79 Å². The maximum atomic E-state index is 12.2. The lowest BCUT2D eigenvalue weighted by molar-refractivity contribution is 0.101. The van der Waals surface area contributed by atoms with Crippen molar-refractivity contribution >= 4 is 11.5 Å². The molecule has 1 heterocycles. The van der Waals surface area contributed by atoms with Crippen molar-refractivity contribution in [2.75, 3.05) is 11.4 Å². The van der Waals surface area contributed by atoms with Crippen LogP contribution in [0.15, 0.2) is 78.9 Å². The zero-order valence-electron chi connectivity index (χ0n) is 15.8. The Balaban J connectivity index is 1.71. The average molecular weight is 355 g/mol. The van der Waals surface area contributed by atoms with Crippen molar-refractivity contribution in [1.29, 1.82) is 0 Å². The number of para-hydroxylation sites is 1. The standard InChI is InChI=1S/C25H25NO/c1-19(27)22-12-7-8-14-24(22)26-18-17-21-11-5-6-13-23(21)25(26)16-15-20-9-3-2-4-10-20/h2-14,25H,15-18H2,1H3. The van der Waals surface area contributed by atoms with E-state index in [1.807, 2.05) is 18.2 Å². The van der Waals surface area contributed by atoms with E-state index in [2.05, 4.69) is 65.6 Å². The first-order valence-electron chi connectivity index (χ1n) is 9.72. The van der Waals surface area contributed by atoms with Gasteiger partial charge in [-0.05, 0) is 55.0 Å². The van der Waals surface area contributed by atoms with Gasteiger partial charge in [0, 0.05) is 17.8 Å². The van der Waals surface area contributed by atoms with Crippen molar-refractivity contribution < 1.29 is 4.79 Å². The summed E-state index contributed by atoms with van der Waals surface area (Å²) in [4.78, 5) is 14.7. The Kier molecular flexibility index (Phi) is 5.06. The van der Waals surface area contributed by atoms with Crippen LogP contribution in [0.25, 0.3) is 0 Å². The Labute approximate surface area is 161 Å². The quantitative estimate of drug-likeness (QED) is 0.553. The van der Waals surface area contributed by atoms with Gasteiger partial charge in [0.25, 0.3) is 0 Å². The Morgan fingerprint density at radius 2 is 1.63 bits per heavy atom. The molecule has 0 radical (unpaired) electrons. The molecule has 0 spiro atoms. The molecule has 0 fully saturated rings. The molecule has 0 saturated carbocycles. The number of carbonyl (C=O) groups is 1. The zero-order valence-corrected chi connectivity index (χ0v) is 15.8. The summed E-state index contributed by atoms with van der Waals surface area (Å²) in [5, 5.41) is 0. The van der Waals surface area contributed by atoms with E-state index in [-0.39, 0.29) is 11.8 Å². The van der Waals surface area contributed by atoms with Gasteiger partial charge in [-0.2, -0.15) is 0 Å². The molecule has 136 valence electrons. The smallest absolute Gasteiger partial charge is 0.161 e. The second kappa shape index (κ2) is 7.79. The van der Waals surface area contributed by atoms with E-state index in [0.717, 1.165) is 37.1 Å². The molecule has 4 rings (SSSR count). The highest BCUT2D eigenvalue weighted by molar-refractivity contribution is 5.99. The minimum absolute atomic E-state index is 0.131. The maximum absolute atomic E-state index is 12.2. The van der Waals surface area contributed by atoms with Gasteiger partial charge in [-0.3, -0.25) is 4.79 Å². The van der Waals surface area contributed by atoms with Crippen molar-refractivity contribution in [3.05, 3.63) is 101 Å². The molecule has 0 amide bonds. The molecule has 1 unspecified atom stereocenters. The molecule has 0 aliphatic carbocycles. The number of aryl methyl sites for hydroxylation is 1. The molecule has 3 aromatic carbocycles. The number of fused-ring (bicyclic) bond motifs is 1. The Bertz CT molecular complexity index is 932. The molecule has 0 bridgehead atoms. The Morgan fingerprint density at radius 3 is 2.44 bits per heavy atom. The summed E-state index contributed by atoms with van der Waals surface area (Å²) < 4.78 is 0. The zero-order chi connectivity index (χ0) is 18.6. The summed E-state index contributed by atoms with van der Waals surface area (Å²) in [5.41, 5.74) is 6.09.